The molecule has 0 aliphatic carbocycles. The van der Waals surface area contributed by atoms with E-state index in [9.17, 15) is 4.79 Å². The van der Waals surface area contributed by atoms with Crippen molar-refractivity contribution in [3.05, 3.63) is 58.7 Å². The lowest BCUT2D eigenvalue weighted by Crippen LogP contribution is -2.04. The highest BCUT2D eigenvalue weighted by molar-refractivity contribution is 6.30. The van der Waals surface area contributed by atoms with Crippen LogP contribution in [0.1, 0.15) is 15.9 Å². The van der Waals surface area contributed by atoms with Crippen molar-refractivity contribution in [1.82, 2.24) is 4.98 Å². The van der Waals surface area contributed by atoms with Gasteiger partial charge in [0.25, 0.3) is 0 Å². The van der Waals surface area contributed by atoms with Crippen LogP contribution < -0.4 is 5.32 Å². The standard InChI is InChI=1S/C14H13ClN2O2/c1-19-14(18)11-4-7-13(17-9-11)16-8-10-2-5-12(15)6-3-10/h2-7,9H,8H2,1H3,(H,16,17). The average molecular weight is 277 g/mol. The third kappa shape index (κ3) is 3.69. The van der Waals surface area contributed by atoms with Gasteiger partial charge in [-0.3, -0.25) is 0 Å². The zero-order valence-corrected chi connectivity index (χ0v) is 11.1. The SMILES string of the molecule is COC(=O)c1ccc(NCc2ccc(Cl)cc2)nc1. The van der Waals surface area contributed by atoms with Gasteiger partial charge < -0.3 is 10.1 Å². The Bertz CT molecular complexity index is 553. The van der Waals surface area contributed by atoms with Crippen molar-refractivity contribution in [3.63, 3.8) is 0 Å². The molecule has 19 heavy (non-hydrogen) atoms. The lowest BCUT2D eigenvalue weighted by atomic mass is 10.2. The Morgan fingerprint density at radius 1 is 1.26 bits per heavy atom. The van der Waals surface area contributed by atoms with E-state index in [-0.39, 0.29) is 0 Å². The number of nitrogens with one attached hydrogen (secondary N) is 1. The summed E-state index contributed by atoms with van der Waals surface area (Å²) in [7, 11) is 1.34. The van der Waals surface area contributed by atoms with E-state index in [2.05, 4.69) is 15.0 Å². The third-order valence-corrected chi connectivity index (χ3v) is 2.82. The number of carbonyl (C=O) groups excluding carboxylic acids is 1. The maximum atomic E-state index is 11.2. The van der Waals surface area contributed by atoms with Gasteiger partial charge >= 0.3 is 5.97 Å². The van der Waals surface area contributed by atoms with Gasteiger partial charge in [0.1, 0.15) is 5.82 Å². The van der Waals surface area contributed by atoms with Gasteiger partial charge in [0.05, 0.1) is 12.7 Å². The van der Waals surface area contributed by atoms with E-state index in [1.54, 1.807) is 12.1 Å². The van der Waals surface area contributed by atoms with Crippen LogP contribution in [0.2, 0.25) is 5.02 Å². The largest absolute Gasteiger partial charge is 0.465 e. The van der Waals surface area contributed by atoms with E-state index in [1.165, 1.54) is 13.3 Å². The molecule has 1 N–H and O–H groups in total. The van der Waals surface area contributed by atoms with E-state index >= 15 is 0 Å². The highest BCUT2D eigenvalue weighted by Gasteiger charge is 2.05. The summed E-state index contributed by atoms with van der Waals surface area (Å²) in [4.78, 5) is 15.4. The summed E-state index contributed by atoms with van der Waals surface area (Å²) in [6.07, 6.45) is 1.48. The zero-order valence-electron chi connectivity index (χ0n) is 10.4. The first-order valence-corrected chi connectivity index (χ1v) is 6.09. The average Bonchev–Trinajstić information content (AvgIpc) is 2.46. The number of esters is 1. The van der Waals surface area contributed by atoms with Crippen LogP contribution in [-0.2, 0) is 11.3 Å². The fourth-order valence-electron chi connectivity index (χ4n) is 1.53. The molecule has 0 saturated carbocycles. The molecule has 2 aromatic rings. The molecule has 0 spiro atoms. The van der Waals surface area contributed by atoms with E-state index in [0.29, 0.717) is 22.9 Å². The Labute approximate surface area is 116 Å². The molecule has 0 saturated heterocycles. The molecule has 5 heteroatoms. The number of methoxy groups -OCH3 is 1. The summed E-state index contributed by atoms with van der Waals surface area (Å²) < 4.78 is 4.60. The molecule has 98 valence electrons. The van der Waals surface area contributed by atoms with Crippen LogP contribution in [0.3, 0.4) is 0 Å². The summed E-state index contributed by atoms with van der Waals surface area (Å²) in [5, 5.41) is 3.87. The Hall–Kier alpha value is -2.07. The van der Waals surface area contributed by atoms with E-state index in [0.717, 1.165) is 5.56 Å². The number of nitrogens with zero attached hydrogens (tertiary/aromatic N) is 1. The second kappa shape index (κ2) is 6.20. The number of benzene rings is 1. The molecule has 0 fully saturated rings. The monoisotopic (exact) mass is 276 g/mol. The molecule has 2 rings (SSSR count). The minimum atomic E-state index is -0.392. The minimum Gasteiger partial charge on any atom is -0.465 e. The van der Waals surface area contributed by atoms with Crippen LogP contribution in [0, 0.1) is 0 Å². The number of hydrogen-bond donors (Lipinski definition) is 1. The normalized spacial score (nSPS) is 10.0. The van der Waals surface area contributed by atoms with Gasteiger partial charge in [0, 0.05) is 17.8 Å². The molecule has 1 aromatic heterocycles. The molecule has 0 radical (unpaired) electrons. The van der Waals surface area contributed by atoms with E-state index < -0.39 is 5.97 Å². The van der Waals surface area contributed by atoms with Crippen molar-refractivity contribution in [2.24, 2.45) is 0 Å². The summed E-state index contributed by atoms with van der Waals surface area (Å²) in [6.45, 7) is 0.641. The second-order valence-electron chi connectivity index (χ2n) is 3.90. The van der Waals surface area contributed by atoms with Crippen molar-refractivity contribution >= 4 is 23.4 Å². The molecule has 0 bridgehead atoms. The Morgan fingerprint density at radius 3 is 2.58 bits per heavy atom. The fraction of sp³-hybridized carbons (Fsp3) is 0.143. The van der Waals surface area contributed by atoms with Crippen LogP contribution in [0.15, 0.2) is 42.6 Å². The number of aromatic nitrogens is 1. The van der Waals surface area contributed by atoms with Gasteiger partial charge in [-0.25, -0.2) is 9.78 Å². The van der Waals surface area contributed by atoms with Gasteiger partial charge in [-0.2, -0.15) is 0 Å². The predicted octanol–water partition coefficient (Wildman–Crippen LogP) is 3.13. The van der Waals surface area contributed by atoms with Gasteiger partial charge in [0.15, 0.2) is 0 Å². The summed E-state index contributed by atoms with van der Waals surface area (Å²) in [5.74, 6) is 0.305. The third-order valence-electron chi connectivity index (χ3n) is 2.57. The van der Waals surface area contributed by atoms with Gasteiger partial charge in [-0.1, -0.05) is 23.7 Å². The van der Waals surface area contributed by atoms with Crippen LogP contribution in [-0.4, -0.2) is 18.1 Å². The molecule has 0 unspecified atom stereocenters. The number of carbonyl (C=O) groups is 1. The molecule has 0 atom stereocenters. The van der Waals surface area contributed by atoms with Crippen LogP contribution in [0.25, 0.3) is 0 Å². The van der Waals surface area contributed by atoms with Crippen molar-refractivity contribution in [2.75, 3.05) is 12.4 Å². The predicted molar refractivity (Wildman–Crippen MR) is 74.4 cm³/mol. The molecule has 1 aromatic carbocycles. The van der Waals surface area contributed by atoms with E-state index in [1.807, 2.05) is 24.3 Å². The van der Waals surface area contributed by atoms with Crippen molar-refractivity contribution in [3.8, 4) is 0 Å². The minimum absolute atomic E-state index is 0.392. The van der Waals surface area contributed by atoms with Gasteiger partial charge in [0.2, 0.25) is 0 Å². The van der Waals surface area contributed by atoms with Crippen LogP contribution in [0.4, 0.5) is 5.82 Å². The molecular weight excluding hydrogens is 264 g/mol. The van der Waals surface area contributed by atoms with Crippen LogP contribution in [0.5, 0.6) is 0 Å². The lowest BCUT2D eigenvalue weighted by Gasteiger charge is -2.06. The molecule has 0 amide bonds. The summed E-state index contributed by atoms with van der Waals surface area (Å²) >= 11 is 5.81. The topological polar surface area (TPSA) is 51.2 Å². The quantitative estimate of drug-likeness (QED) is 0.872. The molecule has 4 nitrogen and oxygen atoms in total. The van der Waals surface area contributed by atoms with Crippen molar-refractivity contribution in [1.29, 1.82) is 0 Å². The molecule has 1 heterocycles. The summed E-state index contributed by atoms with van der Waals surface area (Å²) in [6, 6.07) is 11.0. The van der Waals surface area contributed by atoms with Crippen molar-refractivity contribution < 1.29 is 9.53 Å². The second-order valence-corrected chi connectivity index (χ2v) is 4.34. The maximum Gasteiger partial charge on any atom is 0.339 e. The Kier molecular flexibility index (Phi) is 4.36. The molecule has 0 aliphatic heterocycles. The fourth-order valence-corrected chi connectivity index (χ4v) is 1.66. The number of hydrogen-bond acceptors (Lipinski definition) is 4. The van der Waals surface area contributed by atoms with Crippen molar-refractivity contribution in [2.45, 2.75) is 6.54 Å². The van der Waals surface area contributed by atoms with Crippen LogP contribution >= 0.6 is 11.6 Å². The number of anilines is 1. The first-order chi connectivity index (χ1) is 9.19. The van der Waals surface area contributed by atoms with Gasteiger partial charge in [-0.15, -0.1) is 0 Å². The number of pyridine rings is 1. The number of rotatable bonds is 4. The van der Waals surface area contributed by atoms with E-state index in [4.69, 9.17) is 11.6 Å². The first-order valence-electron chi connectivity index (χ1n) is 5.72. The Morgan fingerprint density at radius 2 is 2.00 bits per heavy atom. The Balaban J connectivity index is 1.96. The van der Waals surface area contributed by atoms with Gasteiger partial charge in [-0.05, 0) is 29.8 Å². The smallest absolute Gasteiger partial charge is 0.339 e. The molecule has 0 aliphatic rings. The molecular formula is C14H13ClN2O2. The highest BCUT2D eigenvalue weighted by Crippen LogP contribution is 2.11. The number of ether oxygens (including phenoxy) is 1. The highest BCUT2D eigenvalue weighted by atomic mass is 35.5. The lowest BCUT2D eigenvalue weighted by molar-refractivity contribution is 0.0600. The zero-order chi connectivity index (χ0) is 13.7. The number of halogens is 1. The summed E-state index contributed by atoms with van der Waals surface area (Å²) in [5.41, 5.74) is 1.53. The first kappa shape index (κ1) is 13.4. The maximum absolute atomic E-state index is 11.2.